The Morgan fingerprint density at radius 2 is 2.17 bits per heavy atom. The normalized spacial score (nSPS) is 10.9. The summed E-state index contributed by atoms with van der Waals surface area (Å²) in [4.78, 5) is 14.5. The predicted molar refractivity (Wildman–Crippen MR) is 67.7 cm³/mol. The van der Waals surface area contributed by atoms with Gasteiger partial charge in [-0.2, -0.15) is 0 Å². The summed E-state index contributed by atoms with van der Waals surface area (Å²) in [7, 11) is 0. The average Bonchev–Trinajstić information content (AvgIpc) is 2.94. The van der Waals surface area contributed by atoms with Crippen LogP contribution in [-0.2, 0) is 0 Å². The van der Waals surface area contributed by atoms with E-state index in [9.17, 15) is 9.90 Å². The minimum absolute atomic E-state index is 0.253. The smallest absolute Gasteiger partial charge is 0.338 e. The molecule has 0 unspecified atom stereocenters. The van der Waals surface area contributed by atoms with Crippen LogP contribution in [0.2, 0.25) is 0 Å². The van der Waals surface area contributed by atoms with Crippen molar-refractivity contribution in [1.29, 1.82) is 0 Å². The molecule has 1 aromatic carbocycles. The molecule has 90 valence electrons. The van der Waals surface area contributed by atoms with E-state index >= 15 is 0 Å². The molecule has 2 heterocycles. The monoisotopic (exact) mass is 241 g/mol. The molecule has 0 bridgehead atoms. The van der Waals surface area contributed by atoms with Gasteiger partial charge in [-0.25, -0.2) is 4.79 Å². The van der Waals surface area contributed by atoms with Crippen molar-refractivity contribution in [3.05, 3.63) is 47.7 Å². The zero-order valence-corrected chi connectivity index (χ0v) is 9.73. The summed E-state index contributed by atoms with van der Waals surface area (Å²) in [6.45, 7) is 1.94. The van der Waals surface area contributed by atoms with Gasteiger partial charge in [-0.1, -0.05) is 11.6 Å². The minimum Gasteiger partial charge on any atom is -0.478 e. The number of fused-ring (bicyclic) bond motifs is 1. The second kappa shape index (κ2) is 3.77. The molecule has 0 aliphatic carbocycles. The SMILES string of the molecule is Cc1ccc2[nH]c(-c3ccco3)c(C(=O)O)c2c1. The number of aromatic amines is 1. The number of aromatic nitrogens is 1. The van der Waals surface area contributed by atoms with Gasteiger partial charge in [0.15, 0.2) is 5.76 Å². The van der Waals surface area contributed by atoms with Crippen molar-refractivity contribution < 1.29 is 14.3 Å². The van der Waals surface area contributed by atoms with Gasteiger partial charge in [-0.3, -0.25) is 0 Å². The number of carboxylic acids is 1. The largest absolute Gasteiger partial charge is 0.478 e. The van der Waals surface area contributed by atoms with Crippen LogP contribution in [-0.4, -0.2) is 16.1 Å². The second-order valence-electron chi connectivity index (χ2n) is 4.21. The number of aryl methyl sites for hydroxylation is 1. The van der Waals surface area contributed by atoms with Gasteiger partial charge in [0.05, 0.1) is 17.5 Å². The van der Waals surface area contributed by atoms with Crippen molar-refractivity contribution in [1.82, 2.24) is 4.98 Å². The molecule has 0 radical (unpaired) electrons. The topological polar surface area (TPSA) is 66.2 Å². The van der Waals surface area contributed by atoms with Crippen molar-refractivity contribution in [3.8, 4) is 11.5 Å². The maximum Gasteiger partial charge on any atom is 0.338 e. The second-order valence-corrected chi connectivity index (χ2v) is 4.21. The van der Waals surface area contributed by atoms with Crippen LogP contribution in [0, 0.1) is 6.92 Å². The maximum absolute atomic E-state index is 11.4. The highest BCUT2D eigenvalue weighted by molar-refractivity contribution is 6.09. The van der Waals surface area contributed by atoms with E-state index in [1.54, 1.807) is 12.1 Å². The number of aromatic carboxylic acids is 1. The fourth-order valence-corrected chi connectivity index (χ4v) is 2.13. The number of furan rings is 1. The summed E-state index contributed by atoms with van der Waals surface area (Å²) in [6.07, 6.45) is 1.53. The van der Waals surface area contributed by atoms with Gasteiger partial charge in [0, 0.05) is 10.9 Å². The Kier molecular flexibility index (Phi) is 2.23. The van der Waals surface area contributed by atoms with E-state index in [0.29, 0.717) is 16.8 Å². The number of H-pyrrole nitrogens is 1. The Morgan fingerprint density at radius 1 is 1.33 bits per heavy atom. The molecule has 0 atom stereocenters. The minimum atomic E-state index is -0.960. The van der Waals surface area contributed by atoms with Gasteiger partial charge < -0.3 is 14.5 Å². The number of hydrogen-bond acceptors (Lipinski definition) is 2. The van der Waals surface area contributed by atoms with E-state index in [1.165, 1.54) is 6.26 Å². The van der Waals surface area contributed by atoms with Gasteiger partial charge in [0.25, 0.3) is 0 Å². The first-order valence-corrected chi connectivity index (χ1v) is 5.56. The summed E-state index contributed by atoms with van der Waals surface area (Å²) in [5.41, 5.74) is 2.58. The van der Waals surface area contributed by atoms with Crippen molar-refractivity contribution in [2.75, 3.05) is 0 Å². The van der Waals surface area contributed by atoms with Crippen molar-refractivity contribution in [2.45, 2.75) is 6.92 Å². The van der Waals surface area contributed by atoms with Crippen LogP contribution in [0.3, 0.4) is 0 Å². The van der Waals surface area contributed by atoms with Crippen molar-refractivity contribution in [3.63, 3.8) is 0 Å². The number of nitrogens with one attached hydrogen (secondary N) is 1. The van der Waals surface area contributed by atoms with E-state index in [0.717, 1.165) is 11.1 Å². The molecule has 0 fully saturated rings. The average molecular weight is 241 g/mol. The fraction of sp³-hybridized carbons (Fsp3) is 0.0714. The number of carbonyl (C=O) groups is 1. The quantitative estimate of drug-likeness (QED) is 0.722. The molecule has 3 aromatic rings. The van der Waals surface area contributed by atoms with Crippen LogP contribution < -0.4 is 0 Å². The summed E-state index contributed by atoms with van der Waals surface area (Å²) in [6, 6.07) is 9.16. The Morgan fingerprint density at radius 3 is 2.83 bits per heavy atom. The number of benzene rings is 1. The van der Waals surface area contributed by atoms with Gasteiger partial charge in [0.1, 0.15) is 0 Å². The highest BCUT2D eigenvalue weighted by Gasteiger charge is 2.20. The molecule has 18 heavy (non-hydrogen) atoms. The first kappa shape index (κ1) is 10.7. The van der Waals surface area contributed by atoms with E-state index in [1.807, 2.05) is 25.1 Å². The first-order chi connectivity index (χ1) is 8.66. The van der Waals surface area contributed by atoms with Gasteiger partial charge in [-0.05, 0) is 31.2 Å². The van der Waals surface area contributed by atoms with Crippen LogP contribution >= 0.6 is 0 Å². The van der Waals surface area contributed by atoms with Gasteiger partial charge >= 0.3 is 5.97 Å². The highest BCUT2D eigenvalue weighted by Crippen LogP contribution is 2.31. The Labute approximate surface area is 103 Å². The van der Waals surface area contributed by atoms with Crippen LogP contribution in [0.5, 0.6) is 0 Å². The molecular formula is C14H11NO3. The van der Waals surface area contributed by atoms with Crippen LogP contribution in [0.1, 0.15) is 15.9 Å². The molecule has 4 heteroatoms. The molecule has 0 saturated heterocycles. The predicted octanol–water partition coefficient (Wildman–Crippen LogP) is 3.43. The Bertz CT molecular complexity index is 723. The third-order valence-corrected chi connectivity index (χ3v) is 2.94. The molecule has 0 aliphatic heterocycles. The fourth-order valence-electron chi connectivity index (χ4n) is 2.13. The van der Waals surface area contributed by atoms with Crippen LogP contribution in [0.4, 0.5) is 0 Å². The summed E-state index contributed by atoms with van der Waals surface area (Å²) in [5, 5.41) is 10.1. The number of hydrogen-bond donors (Lipinski definition) is 2. The van der Waals surface area contributed by atoms with Gasteiger partial charge in [0.2, 0.25) is 0 Å². The standard InChI is InChI=1S/C14H11NO3/c1-8-4-5-10-9(7-8)12(14(16)17)13(15-10)11-3-2-6-18-11/h2-7,15H,1H3,(H,16,17). The number of rotatable bonds is 2. The lowest BCUT2D eigenvalue weighted by Crippen LogP contribution is -1.97. The first-order valence-electron chi connectivity index (χ1n) is 5.56. The van der Waals surface area contributed by atoms with E-state index < -0.39 is 5.97 Å². The third kappa shape index (κ3) is 1.50. The lowest BCUT2D eigenvalue weighted by molar-refractivity contribution is 0.0699. The highest BCUT2D eigenvalue weighted by atomic mass is 16.4. The molecule has 2 aromatic heterocycles. The molecule has 4 nitrogen and oxygen atoms in total. The van der Waals surface area contributed by atoms with E-state index in [2.05, 4.69) is 4.98 Å². The summed E-state index contributed by atoms with van der Waals surface area (Å²) < 4.78 is 5.28. The lowest BCUT2D eigenvalue weighted by Gasteiger charge is -1.96. The van der Waals surface area contributed by atoms with Crippen LogP contribution in [0.15, 0.2) is 41.0 Å². The molecule has 2 N–H and O–H groups in total. The summed E-state index contributed by atoms with van der Waals surface area (Å²) in [5.74, 6) is -0.431. The molecule has 0 amide bonds. The van der Waals surface area contributed by atoms with Gasteiger partial charge in [-0.15, -0.1) is 0 Å². The molecule has 0 saturated carbocycles. The van der Waals surface area contributed by atoms with Crippen molar-refractivity contribution >= 4 is 16.9 Å². The summed E-state index contributed by atoms with van der Waals surface area (Å²) >= 11 is 0. The van der Waals surface area contributed by atoms with E-state index in [4.69, 9.17) is 4.42 Å². The molecule has 0 aliphatic rings. The maximum atomic E-state index is 11.4. The van der Waals surface area contributed by atoms with E-state index in [-0.39, 0.29) is 5.56 Å². The zero-order chi connectivity index (χ0) is 12.7. The Hall–Kier alpha value is -2.49. The molecule has 0 spiro atoms. The van der Waals surface area contributed by atoms with Crippen LogP contribution in [0.25, 0.3) is 22.4 Å². The third-order valence-electron chi connectivity index (χ3n) is 2.94. The zero-order valence-electron chi connectivity index (χ0n) is 9.73. The molecule has 3 rings (SSSR count). The Balaban J connectivity index is 2.38. The molecular weight excluding hydrogens is 230 g/mol. The lowest BCUT2D eigenvalue weighted by atomic mass is 10.1. The number of carboxylic acid groups (broad SMARTS) is 1. The van der Waals surface area contributed by atoms with Crippen molar-refractivity contribution in [2.24, 2.45) is 0 Å².